The molecule has 1 aliphatic rings. The van der Waals surface area contributed by atoms with Crippen molar-refractivity contribution in [2.24, 2.45) is 17.6 Å². The van der Waals surface area contributed by atoms with Crippen molar-refractivity contribution in [1.29, 1.82) is 0 Å². The van der Waals surface area contributed by atoms with E-state index in [9.17, 15) is 4.79 Å². The average Bonchev–Trinajstić information content (AvgIpc) is 2.42. The molecule has 2 atom stereocenters. The lowest BCUT2D eigenvalue weighted by molar-refractivity contribution is -0.122. The summed E-state index contributed by atoms with van der Waals surface area (Å²) in [5, 5.41) is 3.09. The number of anilines is 1. The first kappa shape index (κ1) is 14.1. The molecular formula is C16H24N2O. The molecule has 19 heavy (non-hydrogen) atoms. The highest BCUT2D eigenvalue weighted by molar-refractivity contribution is 5.93. The molecule has 1 aromatic carbocycles. The third kappa shape index (κ3) is 3.35. The molecule has 104 valence electrons. The molecule has 0 spiro atoms. The number of rotatable bonds is 3. The van der Waals surface area contributed by atoms with Crippen LogP contribution in [0.5, 0.6) is 0 Å². The Hall–Kier alpha value is -1.35. The number of amides is 1. The van der Waals surface area contributed by atoms with Gasteiger partial charge in [0.05, 0.1) is 0 Å². The minimum atomic E-state index is 0.0821. The molecule has 0 bridgehead atoms. The average molecular weight is 260 g/mol. The molecule has 1 saturated carbocycles. The van der Waals surface area contributed by atoms with E-state index < -0.39 is 0 Å². The van der Waals surface area contributed by atoms with Crippen molar-refractivity contribution >= 4 is 11.6 Å². The van der Waals surface area contributed by atoms with E-state index in [4.69, 9.17) is 5.73 Å². The highest BCUT2D eigenvalue weighted by Gasteiger charge is 2.30. The van der Waals surface area contributed by atoms with Crippen molar-refractivity contribution in [2.45, 2.75) is 39.5 Å². The van der Waals surface area contributed by atoms with Gasteiger partial charge in [0.25, 0.3) is 0 Å². The van der Waals surface area contributed by atoms with Crippen LogP contribution in [0.3, 0.4) is 0 Å². The van der Waals surface area contributed by atoms with Crippen molar-refractivity contribution in [2.75, 3.05) is 11.9 Å². The smallest absolute Gasteiger partial charge is 0.227 e. The molecule has 1 aliphatic carbocycles. The summed E-state index contributed by atoms with van der Waals surface area (Å²) in [5.41, 5.74) is 9.01. The van der Waals surface area contributed by atoms with Crippen molar-refractivity contribution in [3.05, 3.63) is 29.3 Å². The van der Waals surface area contributed by atoms with Gasteiger partial charge in [0.2, 0.25) is 5.91 Å². The molecule has 0 saturated heterocycles. The van der Waals surface area contributed by atoms with E-state index >= 15 is 0 Å². The molecule has 0 heterocycles. The van der Waals surface area contributed by atoms with Crippen LogP contribution in [0.25, 0.3) is 0 Å². The summed E-state index contributed by atoms with van der Waals surface area (Å²) in [6, 6.07) is 6.15. The fraction of sp³-hybridized carbons (Fsp3) is 0.562. The van der Waals surface area contributed by atoms with Gasteiger partial charge in [0.1, 0.15) is 0 Å². The topological polar surface area (TPSA) is 55.1 Å². The largest absolute Gasteiger partial charge is 0.330 e. The summed E-state index contributed by atoms with van der Waals surface area (Å²) in [5.74, 6) is 0.571. The lowest BCUT2D eigenvalue weighted by Gasteiger charge is -2.29. The number of hydrogen-bond donors (Lipinski definition) is 2. The molecule has 1 fully saturated rings. The quantitative estimate of drug-likeness (QED) is 0.877. The second-order valence-corrected chi connectivity index (χ2v) is 5.69. The molecule has 0 aromatic heterocycles. The zero-order chi connectivity index (χ0) is 13.8. The molecule has 3 N–H and O–H groups in total. The van der Waals surface area contributed by atoms with E-state index in [1.807, 2.05) is 26.0 Å². The Labute approximate surface area is 115 Å². The maximum absolute atomic E-state index is 12.4. The Morgan fingerprint density at radius 2 is 2.05 bits per heavy atom. The molecule has 1 amide bonds. The first-order valence-electron chi connectivity index (χ1n) is 7.20. The summed E-state index contributed by atoms with van der Waals surface area (Å²) < 4.78 is 0. The van der Waals surface area contributed by atoms with Crippen LogP contribution in [0.1, 0.15) is 36.8 Å². The molecule has 3 nitrogen and oxygen atoms in total. The summed E-state index contributed by atoms with van der Waals surface area (Å²) >= 11 is 0. The summed E-state index contributed by atoms with van der Waals surface area (Å²) in [6.45, 7) is 4.68. The normalized spacial score (nSPS) is 23.1. The fourth-order valence-electron chi connectivity index (χ4n) is 2.93. The highest BCUT2D eigenvalue weighted by atomic mass is 16.1. The number of carbonyl (C=O) groups excluding carboxylic acids is 1. The van der Waals surface area contributed by atoms with Gasteiger partial charge in [-0.2, -0.15) is 0 Å². The van der Waals surface area contributed by atoms with Gasteiger partial charge in [-0.3, -0.25) is 4.79 Å². The van der Waals surface area contributed by atoms with Crippen molar-refractivity contribution < 1.29 is 4.79 Å². The molecule has 3 heteroatoms. The summed E-state index contributed by atoms with van der Waals surface area (Å²) in [7, 11) is 0. The van der Waals surface area contributed by atoms with Crippen LogP contribution in [-0.4, -0.2) is 12.5 Å². The highest BCUT2D eigenvalue weighted by Crippen LogP contribution is 2.30. The van der Waals surface area contributed by atoms with Crippen LogP contribution in [0.4, 0.5) is 5.69 Å². The van der Waals surface area contributed by atoms with E-state index in [0.29, 0.717) is 12.5 Å². The maximum Gasteiger partial charge on any atom is 0.227 e. The van der Waals surface area contributed by atoms with Gasteiger partial charge in [0.15, 0.2) is 0 Å². The number of aryl methyl sites for hydroxylation is 2. The number of carbonyl (C=O) groups is 1. The van der Waals surface area contributed by atoms with E-state index in [1.54, 1.807) is 0 Å². The van der Waals surface area contributed by atoms with Crippen LogP contribution in [-0.2, 0) is 4.79 Å². The van der Waals surface area contributed by atoms with E-state index in [-0.39, 0.29) is 11.8 Å². The van der Waals surface area contributed by atoms with Gasteiger partial charge >= 0.3 is 0 Å². The predicted octanol–water partition coefficient (Wildman–Crippen LogP) is 3.01. The second kappa shape index (κ2) is 6.20. The molecule has 0 radical (unpaired) electrons. The fourth-order valence-corrected chi connectivity index (χ4v) is 2.93. The monoisotopic (exact) mass is 260 g/mol. The Balaban J connectivity index is 2.09. The molecule has 0 aliphatic heterocycles. The number of benzene rings is 1. The third-order valence-corrected chi connectivity index (χ3v) is 4.20. The predicted molar refractivity (Wildman–Crippen MR) is 79.0 cm³/mol. The van der Waals surface area contributed by atoms with E-state index in [0.717, 1.165) is 30.5 Å². The number of nitrogens with two attached hydrogens (primary N) is 1. The Morgan fingerprint density at radius 1 is 1.32 bits per heavy atom. The third-order valence-electron chi connectivity index (χ3n) is 4.20. The molecule has 2 unspecified atom stereocenters. The molecular weight excluding hydrogens is 236 g/mol. The van der Waals surface area contributed by atoms with Crippen LogP contribution >= 0.6 is 0 Å². The molecule has 2 rings (SSSR count). The lowest BCUT2D eigenvalue weighted by atomic mass is 9.78. The minimum absolute atomic E-state index is 0.0821. The number of hydrogen-bond acceptors (Lipinski definition) is 2. The minimum Gasteiger partial charge on any atom is -0.330 e. The molecule has 1 aromatic rings. The van der Waals surface area contributed by atoms with Gasteiger partial charge < -0.3 is 11.1 Å². The second-order valence-electron chi connectivity index (χ2n) is 5.69. The van der Waals surface area contributed by atoms with E-state index in [1.165, 1.54) is 12.0 Å². The zero-order valence-electron chi connectivity index (χ0n) is 11.9. The Bertz CT molecular complexity index is 456. The first-order chi connectivity index (χ1) is 9.11. The van der Waals surface area contributed by atoms with Crippen molar-refractivity contribution in [3.63, 3.8) is 0 Å². The van der Waals surface area contributed by atoms with Gasteiger partial charge in [-0.1, -0.05) is 25.0 Å². The van der Waals surface area contributed by atoms with Gasteiger partial charge in [-0.15, -0.1) is 0 Å². The van der Waals surface area contributed by atoms with Crippen molar-refractivity contribution in [3.8, 4) is 0 Å². The van der Waals surface area contributed by atoms with Crippen LogP contribution < -0.4 is 11.1 Å². The first-order valence-corrected chi connectivity index (χ1v) is 7.20. The maximum atomic E-state index is 12.4. The SMILES string of the molecule is Cc1ccc(C)c(NC(=O)C2CCCCC2CN)c1. The standard InChI is InChI=1S/C16H24N2O/c1-11-7-8-12(2)15(9-11)18-16(19)14-6-4-3-5-13(14)10-17/h7-9,13-14H,3-6,10,17H2,1-2H3,(H,18,19). The van der Waals surface area contributed by atoms with Crippen LogP contribution in [0.15, 0.2) is 18.2 Å². The summed E-state index contributed by atoms with van der Waals surface area (Å²) in [4.78, 5) is 12.4. The van der Waals surface area contributed by atoms with Crippen LogP contribution in [0.2, 0.25) is 0 Å². The van der Waals surface area contributed by atoms with Crippen molar-refractivity contribution in [1.82, 2.24) is 0 Å². The number of nitrogens with one attached hydrogen (secondary N) is 1. The van der Waals surface area contributed by atoms with Gasteiger partial charge in [-0.25, -0.2) is 0 Å². The summed E-state index contributed by atoms with van der Waals surface area (Å²) in [6.07, 6.45) is 4.40. The van der Waals surface area contributed by atoms with Gasteiger partial charge in [-0.05, 0) is 56.3 Å². The Kier molecular flexibility index (Phi) is 4.59. The van der Waals surface area contributed by atoms with Crippen LogP contribution in [0, 0.1) is 25.7 Å². The van der Waals surface area contributed by atoms with Gasteiger partial charge in [0, 0.05) is 11.6 Å². The lowest BCUT2D eigenvalue weighted by Crippen LogP contribution is -2.35. The Morgan fingerprint density at radius 3 is 2.79 bits per heavy atom. The van der Waals surface area contributed by atoms with E-state index in [2.05, 4.69) is 11.4 Å². The zero-order valence-corrected chi connectivity index (χ0v) is 11.9.